The summed E-state index contributed by atoms with van der Waals surface area (Å²) in [5, 5.41) is 0. The summed E-state index contributed by atoms with van der Waals surface area (Å²) < 4.78 is 10.2. The Morgan fingerprint density at radius 1 is 1.53 bits per heavy atom. The first-order chi connectivity index (χ1) is 9.33. The number of hydrogen-bond acceptors (Lipinski definition) is 4. The fourth-order valence-electron chi connectivity index (χ4n) is 2.37. The minimum absolute atomic E-state index is 0.0439. The fourth-order valence-corrected chi connectivity index (χ4v) is 2.37. The largest absolute Gasteiger partial charge is 0.382 e. The molecular formula is C14H20N2O3. The second-order valence-corrected chi connectivity index (χ2v) is 4.58. The average Bonchev–Trinajstić information content (AvgIpc) is 2.94. The van der Waals surface area contributed by atoms with Gasteiger partial charge in [0.25, 0.3) is 0 Å². The standard InChI is InChI=1S/C14H20N2O3/c1-18-8-9-19-11-14(17)16-7-3-5-13(16)12-4-2-6-15-10-12/h2,4,6,10,13H,3,5,7-9,11H2,1H3. The van der Waals surface area contributed by atoms with Gasteiger partial charge in [0.15, 0.2) is 0 Å². The van der Waals surface area contributed by atoms with Gasteiger partial charge in [0.05, 0.1) is 19.3 Å². The number of carbonyl (C=O) groups excluding carboxylic acids is 1. The van der Waals surface area contributed by atoms with Crippen molar-refractivity contribution < 1.29 is 14.3 Å². The SMILES string of the molecule is COCCOCC(=O)N1CCCC1c1cccnc1. The highest BCUT2D eigenvalue weighted by Crippen LogP contribution is 2.31. The molecule has 0 spiro atoms. The van der Waals surface area contributed by atoms with Gasteiger partial charge in [0, 0.05) is 26.0 Å². The van der Waals surface area contributed by atoms with E-state index >= 15 is 0 Å². The van der Waals surface area contributed by atoms with Gasteiger partial charge in [-0.2, -0.15) is 0 Å². The van der Waals surface area contributed by atoms with Crippen LogP contribution < -0.4 is 0 Å². The fraction of sp³-hybridized carbons (Fsp3) is 0.571. The lowest BCUT2D eigenvalue weighted by Gasteiger charge is -2.24. The Kier molecular flexibility index (Phi) is 5.30. The minimum atomic E-state index is 0.0439. The van der Waals surface area contributed by atoms with Gasteiger partial charge in [-0.05, 0) is 24.5 Å². The summed E-state index contributed by atoms with van der Waals surface area (Å²) in [6.07, 6.45) is 5.61. The molecule has 1 unspecified atom stereocenters. The molecule has 1 aromatic heterocycles. The molecule has 1 saturated heterocycles. The van der Waals surface area contributed by atoms with E-state index in [1.165, 1.54) is 0 Å². The van der Waals surface area contributed by atoms with E-state index in [2.05, 4.69) is 4.98 Å². The number of pyridine rings is 1. The normalized spacial score (nSPS) is 18.8. The van der Waals surface area contributed by atoms with Crippen molar-refractivity contribution in [1.82, 2.24) is 9.88 Å². The first kappa shape index (κ1) is 14.0. The number of methoxy groups -OCH3 is 1. The van der Waals surface area contributed by atoms with Crippen LogP contribution in [0.5, 0.6) is 0 Å². The Balaban J connectivity index is 1.90. The van der Waals surface area contributed by atoms with Crippen LogP contribution >= 0.6 is 0 Å². The van der Waals surface area contributed by atoms with Crippen molar-refractivity contribution in [3.63, 3.8) is 0 Å². The molecule has 2 rings (SSSR count). The number of amides is 1. The highest BCUT2D eigenvalue weighted by molar-refractivity contribution is 5.78. The monoisotopic (exact) mass is 264 g/mol. The highest BCUT2D eigenvalue weighted by atomic mass is 16.5. The van der Waals surface area contributed by atoms with E-state index < -0.39 is 0 Å². The van der Waals surface area contributed by atoms with E-state index in [0.29, 0.717) is 13.2 Å². The molecule has 104 valence electrons. The first-order valence-electron chi connectivity index (χ1n) is 6.59. The molecule has 1 aliphatic rings. The predicted octanol–water partition coefficient (Wildman–Crippen LogP) is 1.41. The van der Waals surface area contributed by atoms with Gasteiger partial charge < -0.3 is 14.4 Å². The molecule has 1 fully saturated rings. The molecule has 5 nitrogen and oxygen atoms in total. The van der Waals surface area contributed by atoms with Crippen molar-refractivity contribution >= 4 is 5.91 Å². The van der Waals surface area contributed by atoms with Gasteiger partial charge in [-0.3, -0.25) is 9.78 Å². The van der Waals surface area contributed by atoms with Gasteiger partial charge in [-0.1, -0.05) is 6.07 Å². The van der Waals surface area contributed by atoms with Crippen molar-refractivity contribution in [3.8, 4) is 0 Å². The predicted molar refractivity (Wildman–Crippen MR) is 70.6 cm³/mol. The molecule has 19 heavy (non-hydrogen) atoms. The zero-order valence-corrected chi connectivity index (χ0v) is 11.2. The lowest BCUT2D eigenvalue weighted by Crippen LogP contribution is -2.33. The topological polar surface area (TPSA) is 51.7 Å². The number of carbonyl (C=O) groups is 1. The number of ether oxygens (including phenoxy) is 2. The molecule has 0 radical (unpaired) electrons. The van der Waals surface area contributed by atoms with Crippen molar-refractivity contribution in [2.45, 2.75) is 18.9 Å². The Morgan fingerprint density at radius 2 is 2.42 bits per heavy atom. The van der Waals surface area contributed by atoms with Crippen LogP contribution in [-0.4, -0.2) is 49.3 Å². The molecule has 1 atom stereocenters. The van der Waals surface area contributed by atoms with Crippen molar-refractivity contribution in [2.24, 2.45) is 0 Å². The van der Waals surface area contributed by atoms with Crippen LogP contribution in [0.4, 0.5) is 0 Å². The summed E-state index contributed by atoms with van der Waals surface area (Å²) in [5.41, 5.74) is 1.10. The third-order valence-corrected chi connectivity index (χ3v) is 3.30. The smallest absolute Gasteiger partial charge is 0.249 e. The van der Waals surface area contributed by atoms with E-state index in [1.54, 1.807) is 13.3 Å². The van der Waals surface area contributed by atoms with E-state index in [-0.39, 0.29) is 18.6 Å². The Hall–Kier alpha value is -1.46. The van der Waals surface area contributed by atoms with Gasteiger partial charge in [0.2, 0.25) is 5.91 Å². The number of rotatable bonds is 6. The summed E-state index contributed by atoms with van der Waals surface area (Å²) in [6, 6.07) is 4.08. The van der Waals surface area contributed by atoms with Gasteiger partial charge in [0.1, 0.15) is 6.61 Å². The molecular weight excluding hydrogens is 244 g/mol. The Morgan fingerprint density at radius 3 is 3.16 bits per heavy atom. The highest BCUT2D eigenvalue weighted by Gasteiger charge is 2.29. The molecule has 2 heterocycles. The lowest BCUT2D eigenvalue weighted by molar-refractivity contribution is -0.137. The summed E-state index contributed by atoms with van der Waals surface area (Å²) in [4.78, 5) is 18.1. The Labute approximate surface area is 113 Å². The molecule has 5 heteroatoms. The van der Waals surface area contributed by atoms with E-state index in [4.69, 9.17) is 9.47 Å². The third-order valence-electron chi connectivity index (χ3n) is 3.30. The molecule has 0 saturated carbocycles. The third kappa shape index (κ3) is 3.75. The maximum absolute atomic E-state index is 12.1. The number of nitrogens with zero attached hydrogens (tertiary/aromatic N) is 2. The van der Waals surface area contributed by atoms with Crippen molar-refractivity contribution in [1.29, 1.82) is 0 Å². The molecule has 1 amide bonds. The second kappa shape index (κ2) is 7.21. The molecule has 0 aromatic carbocycles. The summed E-state index contributed by atoms with van der Waals surface area (Å²) >= 11 is 0. The van der Waals surface area contributed by atoms with Crippen LogP contribution in [0.1, 0.15) is 24.4 Å². The van der Waals surface area contributed by atoms with Crippen LogP contribution in [-0.2, 0) is 14.3 Å². The molecule has 0 N–H and O–H groups in total. The minimum Gasteiger partial charge on any atom is -0.382 e. The molecule has 0 bridgehead atoms. The quantitative estimate of drug-likeness (QED) is 0.729. The zero-order chi connectivity index (χ0) is 13.5. The van der Waals surface area contributed by atoms with Crippen molar-refractivity contribution in [3.05, 3.63) is 30.1 Å². The summed E-state index contributed by atoms with van der Waals surface area (Å²) in [5.74, 6) is 0.0439. The second-order valence-electron chi connectivity index (χ2n) is 4.58. The van der Waals surface area contributed by atoms with Crippen molar-refractivity contribution in [2.75, 3.05) is 33.5 Å². The van der Waals surface area contributed by atoms with Gasteiger partial charge in [-0.15, -0.1) is 0 Å². The number of likely N-dealkylation sites (tertiary alicyclic amines) is 1. The number of hydrogen-bond donors (Lipinski definition) is 0. The molecule has 1 aromatic rings. The van der Waals surface area contributed by atoms with E-state index in [1.807, 2.05) is 23.2 Å². The van der Waals surface area contributed by atoms with Crippen LogP contribution in [0.3, 0.4) is 0 Å². The lowest BCUT2D eigenvalue weighted by atomic mass is 10.1. The molecule has 0 aliphatic carbocycles. The summed E-state index contributed by atoms with van der Waals surface area (Å²) in [7, 11) is 1.62. The van der Waals surface area contributed by atoms with E-state index in [9.17, 15) is 4.79 Å². The van der Waals surface area contributed by atoms with Gasteiger partial charge >= 0.3 is 0 Å². The van der Waals surface area contributed by atoms with E-state index in [0.717, 1.165) is 24.9 Å². The maximum atomic E-state index is 12.1. The average molecular weight is 264 g/mol. The molecule has 1 aliphatic heterocycles. The van der Waals surface area contributed by atoms with Crippen LogP contribution in [0.25, 0.3) is 0 Å². The Bertz CT molecular complexity index is 397. The number of aromatic nitrogens is 1. The summed E-state index contributed by atoms with van der Waals surface area (Å²) in [6.45, 7) is 1.89. The first-order valence-corrected chi connectivity index (χ1v) is 6.59. The zero-order valence-electron chi connectivity index (χ0n) is 11.2. The van der Waals surface area contributed by atoms with Crippen LogP contribution in [0.15, 0.2) is 24.5 Å². The van der Waals surface area contributed by atoms with Gasteiger partial charge in [-0.25, -0.2) is 0 Å². The van der Waals surface area contributed by atoms with Crippen LogP contribution in [0.2, 0.25) is 0 Å². The van der Waals surface area contributed by atoms with Crippen LogP contribution in [0, 0.1) is 0 Å². The maximum Gasteiger partial charge on any atom is 0.249 e.